The van der Waals surface area contributed by atoms with E-state index in [9.17, 15) is 0 Å². The van der Waals surface area contributed by atoms with Gasteiger partial charge in [0.25, 0.3) is 0 Å². The third-order valence-corrected chi connectivity index (χ3v) is 3.34. The second-order valence-corrected chi connectivity index (χ2v) is 7.46. The van der Waals surface area contributed by atoms with Gasteiger partial charge in [-0.15, -0.1) is 0 Å². The monoisotopic (exact) mass is 279 g/mol. The summed E-state index contributed by atoms with van der Waals surface area (Å²) < 4.78 is 5.80. The first-order valence-electron chi connectivity index (χ1n) is 7.20. The van der Waals surface area contributed by atoms with E-state index in [0.29, 0.717) is 6.61 Å². The second-order valence-electron chi connectivity index (χ2n) is 7.46. The van der Waals surface area contributed by atoms with Gasteiger partial charge in [0.15, 0.2) is 0 Å². The molecule has 3 nitrogen and oxygen atoms in total. The van der Waals surface area contributed by atoms with Crippen molar-refractivity contribution in [3.05, 3.63) is 29.3 Å². The van der Waals surface area contributed by atoms with Gasteiger partial charge in [-0.05, 0) is 28.0 Å². The standard InChI is InChI=1S/C17H29NO2/c1-16(2,3)12-7-8-15(20-11-13(18)10-19)14(9-12)17(4,5)6/h7-9,13,19H,10-11,18H2,1-6H3. The summed E-state index contributed by atoms with van der Waals surface area (Å²) in [6, 6.07) is 6.00. The molecule has 0 radical (unpaired) electrons. The van der Waals surface area contributed by atoms with Crippen molar-refractivity contribution in [3.63, 3.8) is 0 Å². The first-order valence-corrected chi connectivity index (χ1v) is 7.20. The summed E-state index contributed by atoms with van der Waals surface area (Å²) in [5.41, 5.74) is 8.28. The van der Waals surface area contributed by atoms with Crippen molar-refractivity contribution in [3.8, 4) is 5.75 Å². The molecule has 1 unspecified atom stereocenters. The topological polar surface area (TPSA) is 55.5 Å². The molecular weight excluding hydrogens is 250 g/mol. The minimum atomic E-state index is -0.342. The number of rotatable bonds is 4. The number of aliphatic hydroxyl groups excluding tert-OH is 1. The molecule has 20 heavy (non-hydrogen) atoms. The van der Waals surface area contributed by atoms with Crippen LogP contribution in [0.3, 0.4) is 0 Å². The van der Waals surface area contributed by atoms with Crippen molar-refractivity contribution >= 4 is 0 Å². The van der Waals surface area contributed by atoms with Crippen molar-refractivity contribution in [1.29, 1.82) is 0 Å². The van der Waals surface area contributed by atoms with Gasteiger partial charge in [-0.1, -0.05) is 53.7 Å². The molecule has 1 atom stereocenters. The average Bonchev–Trinajstić information content (AvgIpc) is 2.33. The van der Waals surface area contributed by atoms with Crippen LogP contribution in [0.15, 0.2) is 18.2 Å². The highest BCUT2D eigenvalue weighted by atomic mass is 16.5. The van der Waals surface area contributed by atoms with Crippen molar-refractivity contribution in [2.45, 2.75) is 58.4 Å². The molecule has 0 aliphatic carbocycles. The zero-order chi connectivity index (χ0) is 15.6. The number of benzene rings is 1. The lowest BCUT2D eigenvalue weighted by Gasteiger charge is -2.27. The number of aliphatic hydroxyl groups is 1. The molecule has 1 rings (SSSR count). The fraction of sp³-hybridized carbons (Fsp3) is 0.647. The average molecular weight is 279 g/mol. The highest BCUT2D eigenvalue weighted by Gasteiger charge is 2.23. The molecule has 3 heteroatoms. The molecule has 0 fully saturated rings. The number of nitrogens with two attached hydrogens (primary N) is 1. The largest absolute Gasteiger partial charge is 0.492 e. The molecule has 114 valence electrons. The number of hydrogen-bond acceptors (Lipinski definition) is 3. The SMILES string of the molecule is CC(C)(C)c1ccc(OCC(N)CO)c(C(C)(C)C)c1. The Kier molecular flexibility index (Phi) is 5.22. The Morgan fingerprint density at radius 2 is 1.70 bits per heavy atom. The summed E-state index contributed by atoms with van der Waals surface area (Å²) in [6.07, 6.45) is 0. The Labute approximate surface area is 123 Å². The van der Waals surface area contributed by atoms with Crippen LogP contribution in [-0.2, 0) is 10.8 Å². The van der Waals surface area contributed by atoms with Gasteiger partial charge in [0.1, 0.15) is 12.4 Å². The first kappa shape index (κ1) is 17.0. The summed E-state index contributed by atoms with van der Waals surface area (Å²) in [5.74, 6) is 0.856. The molecule has 0 aromatic heterocycles. The highest BCUT2D eigenvalue weighted by Crippen LogP contribution is 2.35. The van der Waals surface area contributed by atoms with Gasteiger partial charge < -0.3 is 15.6 Å². The molecule has 0 aliphatic heterocycles. The predicted molar refractivity (Wildman–Crippen MR) is 84.4 cm³/mol. The number of ether oxygens (including phenoxy) is 1. The van der Waals surface area contributed by atoms with Crippen LogP contribution in [0.1, 0.15) is 52.7 Å². The molecule has 1 aromatic rings. The third kappa shape index (κ3) is 4.50. The van der Waals surface area contributed by atoms with E-state index in [1.165, 1.54) is 11.1 Å². The molecule has 1 aromatic carbocycles. The summed E-state index contributed by atoms with van der Waals surface area (Å²) in [7, 11) is 0. The molecule has 0 amide bonds. The highest BCUT2D eigenvalue weighted by molar-refractivity contribution is 5.43. The maximum atomic E-state index is 8.99. The summed E-state index contributed by atoms with van der Waals surface area (Å²) in [5, 5.41) is 8.99. The molecule has 0 saturated heterocycles. The Morgan fingerprint density at radius 1 is 1.10 bits per heavy atom. The third-order valence-electron chi connectivity index (χ3n) is 3.34. The van der Waals surface area contributed by atoms with Gasteiger partial charge in [-0.3, -0.25) is 0 Å². The lowest BCUT2D eigenvalue weighted by molar-refractivity contribution is 0.204. The van der Waals surface area contributed by atoms with E-state index in [4.69, 9.17) is 15.6 Å². The van der Waals surface area contributed by atoms with Crippen molar-refractivity contribution < 1.29 is 9.84 Å². The van der Waals surface area contributed by atoms with Gasteiger partial charge in [-0.2, -0.15) is 0 Å². The fourth-order valence-corrected chi connectivity index (χ4v) is 1.96. The minimum Gasteiger partial charge on any atom is -0.492 e. The Bertz CT molecular complexity index is 441. The Balaban J connectivity index is 3.12. The van der Waals surface area contributed by atoms with E-state index in [1.54, 1.807) is 0 Å². The van der Waals surface area contributed by atoms with Gasteiger partial charge in [0.2, 0.25) is 0 Å². The molecular formula is C17H29NO2. The molecule has 0 bridgehead atoms. The van der Waals surface area contributed by atoms with Crippen LogP contribution in [0.25, 0.3) is 0 Å². The zero-order valence-corrected chi connectivity index (χ0v) is 13.7. The van der Waals surface area contributed by atoms with Gasteiger partial charge in [0, 0.05) is 0 Å². The smallest absolute Gasteiger partial charge is 0.123 e. The van der Waals surface area contributed by atoms with E-state index in [1.807, 2.05) is 6.07 Å². The predicted octanol–water partition coefficient (Wildman–Crippen LogP) is 2.98. The molecule has 0 saturated carbocycles. The van der Waals surface area contributed by atoms with E-state index < -0.39 is 0 Å². The summed E-state index contributed by atoms with van der Waals surface area (Å²) in [6.45, 7) is 13.4. The van der Waals surface area contributed by atoms with Gasteiger partial charge >= 0.3 is 0 Å². The zero-order valence-electron chi connectivity index (χ0n) is 13.7. The molecule has 0 heterocycles. The van der Waals surface area contributed by atoms with Crippen LogP contribution in [0, 0.1) is 0 Å². The number of hydrogen-bond donors (Lipinski definition) is 2. The van der Waals surface area contributed by atoms with Crippen molar-refractivity contribution in [1.82, 2.24) is 0 Å². The van der Waals surface area contributed by atoms with Gasteiger partial charge in [-0.25, -0.2) is 0 Å². The lowest BCUT2D eigenvalue weighted by atomic mass is 9.80. The normalized spacial score (nSPS) is 14.2. The summed E-state index contributed by atoms with van der Waals surface area (Å²) >= 11 is 0. The molecule has 3 N–H and O–H groups in total. The quantitative estimate of drug-likeness (QED) is 0.891. The second kappa shape index (κ2) is 6.15. The maximum Gasteiger partial charge on any atom is 0.123 e. The van der Waals surface area contributed by atoms with Crippen LogP contribution in [0.2, 0.25) is 0 Å². The minimum absolute atomic E-state index is 0.0000960. The molecule has 0 spiro atoms. The van der Waals surface area contributed by atoms with E-state index >= 15 is 0 Å². The lowest BCUT2D eigenvalue weighted by Crippen LogP contribution is -2.32. The van der Waals surface area contributed by atoms with Gasteiger partial charge in [0.05, 0.1) is 12.6 Å². The van der Waals surface area contributed by atoms with E-state index in [-0.39, 0.29) is 23.5 Å². The maximum absolute atomic E-state index is 8.99. The summed E-state index contributed by atoms with van der Waals surface area (Å²) in [4.78, 5) is 0. The van der Waals surface area contributed by atoms with Crippen LogP contribution >= 0.6 is 0 Å². The molecule has 0 aliphatic rings. The van der Waals surface area contributed by atoms with E-state index in [2.05, 4.69) is 53.7 Å². The van der Waals surface area contributed by atoms with Crippen LogP contribution in [0.5, 0.6) is 5.75 Å². The van der Waals surface area contributed by atoms with E-state index in [0.717, 1.165) is 5.75 Å². The van der Waals surface area contributed by atoms with Crippen LogP contribution < -0.4 is 10.5 Å². The Hall–Kier alpha value is -1.06. The van der Waals surface area contributed by atoms with Crippen LogP contribution in [0.4, 0.5) is 0 Å². The first-order chi connectivity index (χ1) is 9.05. The fourth-order valence-electron chi connectivity index (χ4n) is 1.96. The van der Waals surface area contributed by atoms with Crippen LogP contribution in [-0.4, -0.2) is 24.4 Å². The van der Waals surface area contributed by atoms with Crippen molar-refractivity contribution in [2.24, 2.45) is 5.73 Å². The Morgan fingerprint density at radius 3 is 2.15 bits per heavy atom. The van der Waals surface area contributed by atoms with Crippen molar-refractivity contribution in [2.75, 3.05) is 13.2 Å².